The third-order valence-electron chi connectivity index (χ3n) is 1.93. The standard InChI is InChI=1S/C8H15N5O2/c1-4(2)3-13-6(9)5(12-10)7(14)11-8(13)15/h4,12H,3,9-10H2,1-2H3,(H,11,14,15). The van der Waals surface area contributed by atoms with Gasteiger partial charge in [-0.05, 0) is 5.92 Å². The molecule has 0 aliphatic heterocycles. The average molecular weight is 213 g/mol. The summed E-state index contributed by atoms with van der Waals surface area (Å²) >= 11 is 0. The van der Waals surface area contributed by atoms with E-state index in [0.717, 1.165) is 0 Å². The monoisotopic (exact) mass is 213 g/mol. The average Bonchev–Trinajstić information content (AvgIpc) is 2.12. The Morgan fingerprint density at radius 3 is 2.53 bits per heavy atom. The second-order valence-electron chi connectivity index (χ2n) is 3.67. The molecule has 0 saturated carbocycles. The number of nitrogens with zero attached hydrogens (tertiary/aromatic N) is 1. The van der Waals surface area contributed by atoms with E-state index < -0.39 is 11.2 Å². The molecule has 1 heterocycles. The lowest BCUT2D eigenvalue weighted by molar-refractivity contribution is 0.508. The molecule has 1 aromatic rings. The number of anilines is 2. The summed E-state index contributed by atoms with van der Waals surface area (Å²) in [5.74, 6) is 5.43. The number of nitrogens with two attached hydrogens (primary N) is 2. The zero-order valence-corrected chi connectivity index (χ0v) is 8.70. The van der Waals surface area contributed by atoms with Crippen molar-refractivity contribution < 1.29 is 0 Å². The van der Waals surface area contributed by atoms with Gasteiger partial charge in [-0.1, -0.05) is 13.8 Å². The Kier molecular flexibility index (Phi) is 3.15. The number of hydrazine groups is 1. The predicted molar refractivity (Wildman–Crippen MR) is 58.4 cm³/mol. The fourth-order valence-corrected chi connectivity index (χ4v) is 1.27. The van der Waals surface area contributed by atoms with Crippen LogP contribution in [0.1, 0.15) is 13.8 Å². The van der Waals surface area contributed by atoms with Crippen LogP contribution in [0.5, 0.6) is 0 Å². The topological polar surface area (TPSA) is 119 Å². The van der Waals surface area contributed by atoms with Crippen LogP contribution in [-0.2, 0) is 6.54 Å². The highest BCUT2D eigenvalue weighted by atomic mass is 16.2. The zero-order chi connectivity index (χ0) is 11.6. The highest BCUT2D eigenvalue weighted by molar-refractivity contribution is 5.59. The number of rotatable bonds is 3. The van der Waals surface area contributed by atoms with Gasteiger partial charge >= 0.3 is 5.69 Å². The maximum atomic E-state index is 11.4. The Labute approximate surface area is 86.1 Å². The van der Waals surface area contributed by atoms with E-state index in [0.29, 0.717) is 6.54 Å². The van der Waals surface area contributed by atoms with E-state index >= 15 is 0 Å². The van der Waals surface area contributed by atoms with Crippen LogP contribution in [0.3, 0.4) is 0 Å². The molecular formula is C8H15N5O2. The Bertz CT molecular complexity index is 459. The van der Waals surface area contributed by atoms with Gasteiger partial charge in [0.1, 0.15) is 5.82 Å². The first-order chi connectivity index (χ1) is 6.97. The van der Waals surface area contributed by atoms with Crippen molar-refractivity contribution in [3.05, 3.63) is 20.8 Å². The highest BCUT2D eigenvalue weighted by Crippen LogP contribution is 2.09. The van der Waals surface area contributed by atoms with Gasteiger partial charge in [0, 0.05) is 6.54 Å². The Hall–Kier alpha value is -1.76. The van der Waals surface area contributed by atoms with Crippen molar-refractivity contribution in [3.63, 3.8) is 0 Å². The minimum atomic E-state index is -0.611. The number of aromatic amines is 1. The van der Waals surface area contributed by atoms with Crippen molar-refractivity contribution >= 4 is 11.5 Å². The fourth-order valence-electron chi connectivity index (χ4n) is 1.27. The molecule has 15 heavy (non-hydrogen) atoms. The Morgan fingerprint density at radius 1 is 1.47 bits per heavy atom. The first-order valence-corrected chi connectivity index (χ1v) is 4.56. The molecule has 6 N–H and O–H groups in total. The molecule has 1 aromatic heterocycles. The van der Waals surface area contributed by atoms with Crippen LogP contribution in [-0.4, -0.2) is 9.55 Å². The summed E-state index contributed by atoms with van der Waals surface area (Å²) in [6.45, 7) is 4.30. The van der Waals surface area contributed by atoms with Crippen LogP contribution in [0.2, 0.25) is 0 Å². The molecule has 1 rings (SSSR count). The van der Waals surface area contributed by atoms with Gasteiger partial charge in [0.05, 0.1) is 0 Å². The van der Waals surface area contributed by atoms with Crippen molar-refractivity contribution in [1.82, 2.24) is 9.55 Å². The van der Waals surface area contributed by atoms with Crippen LogP contribution in [0, 0.1) is 5.92 Å². The van der Waals surface area contributed by atoms with Crippen LogP contribution >= 0.6 is 0 Å². The smallest absolute Gasteiger partial charge is 0.330 e. The summed E-state index contributed by atoms with van der Waals surface area (Å²) < 4.78 is 1.28. The molecule has 0 atom stereocenters. The van der Waals surface area contributed by atoms with Gasteiger partial charge in [-0.15, -0.1) is 0 Å². The molecule has 7 nitrogen and oxygen atoms in total. The molecule has 0 aliphatic rings. The van der Waals surface area contributed by atoms with Crippen molar-refractivity contribution in [2.24, 2.45) is 11.8 Å². The number of hydrogen-bond donors (Lipinski definition) is 4. The molecule has 0 fully saturated rings. The van der Waals surface area contributed by atoms with Gasteiger partial charge in [-0.2, -0.15) is 0 Å². The second kappa shape index (κ2) is 4.18. The maximum absolute atomic E-state index is 11.4. The van der Waals surface area contributed by atoms with Crippen LogP contribution < -0.4 is 28.3 Å². The van der Waals surface area contributed by atoms with Gasteiger partial charge in [-0.3, -0.25) is 20.2 Å². The van der Waals surface area contributed by atoms with Crippen LogP contribution in [0.15, 0.2) is 9.59 Å². The summed E-state index contributed by atoms with van der Waals surface area (Å²) in [6.07, 6.45) is 0. The summed E-state index contributed by atoms with van der Waals surface area (Å²) in [6, 6.07) is 0. The summed E-state index contributed by atoms with van der Waals surface area (Å²) in [5, 5.41) is 0. The third-order valence-corrected chi connectivity index (χ3v) is 1.93. The molecule has 84 valence electrons. The Balaban J connectivity index is 3.39. The number of H-pyrrole nitrogens is 1. The van der Waals surface area contributed by atoms with Crippen molar-refractivity contribution in [3.8, 4) is 0 Å². The predicted octanol–water partition coefficient (Wildman–Crippen LogP) is -0.940. The lowest BCUT2D eigenvalue weighted by Gasteiger charge is -2.13. The van der Waals surface area contributed by atoms with E-state index in [2.05, 4.69) is 10.4 Å². The highest BCUT2D eigenvalue weighted by Gasteiger charge is 2.11. The largest absolute Gasteiger partial charge is 0.383 e. The van der Waals surface area contributed by atoms with E-state index in [-0.39, 0.29) is 17.4 Å². The lowest BCUT2D eigenvalue weighted by atomic mass is 10.2. The van der Waals surface area contributed by atoms with Gasteiger partial charge in [0.2, 0.25) is 0 Å². The molecule has 7 heteroatoms. The minimum Gasteiger partial charge on any atom is -0.383 e. The summed E-state index contributed by atoms with van der Waals surface area (Å²) in [5.41, 5.74) is 6.70. The van der Waals surface area contributed by atoms with Crippen LogP contribution in [0.4, 0.5) is 11.5 Å². The molecule has 0 aromatic carbocycles. The molecule has 0 spiro atoms. The van der Waals surface area contributed by atoms with Crippen molar-refractivity contribution in [1.29, 1.82) is 0 Å². The normalized spacial score (nSPS) is 10.7. The maximum Gasteiger partial charge on any atom is 0.330 e. The van der Waals surface area contributed by atoms with Crippen LogP contribution in [0.25, 0.3) is 0 Å². The quantitative estimate of drug-likeness (QED) is 0.381. The SMILES string of the molecule is CC(C)Cn1c(N)c(NN)c(=O)[nH]c1=O. The first kappa shape index (κ1) is 11.3. The third kappa shape index (κ3) is 2.18. The van der Waals surface area contributed by atoms with E-state index in [4.69, 9.17) is 11.6 Å². The molecule has 0 amide bonds. The number of nitrogen functional groups attached to an aromatic ring is 2. The zero-order valence-electron chi connectivity index (χ0n) is 8.70. The molecular weight excluding hydrogens is 198 g/mol. The Morgan fingerprint density at radius 2 is 2.07 bits per heavy atom. The molecule has 0 saturated heterocycles. The van der Waals surface area contributed by atoms with E-state index in [1.807, 2.05) is 13.8 Å². The van der Waals surface area contributed by atoms with E-state index in [9.17, 15) is 9.59 Å². The van der Waals surface area contributed by atoms with E-state index in [1.54, 1.807) is 0 Å². The van der Waals surface area contributed by atoms with E-state index in [1.165, 1.54) is 4.57 Å². The number of nitrogens with one attached hydrogen (secondary N) is 2. The van der Waals surface area contributed by atoms with Gasteiger partial charge in [0.15, 0.2) is 5.69 Å². The van der Waals surface area contributed by atoms with Gasteiger partial charge in [-0.25, -0.2) is 4.79 Å². The van der Waals surface area contributed by atoms with Gasteiger partial charge < -0.3 is 11.2 Å². The fraction of sp³-hybridized carbons (Fsp3) is 0.500. The minimum absolute atomic E-state index is 0.00949. The molecule has 0 radical (unpaired) electrons. The summed E-state index contributed by atoms with van der Waals surface area (Å²) in [4.78, 5) is 24.8. The van der Waals surface area contributed by atoms with Crippen molar-refractivity contribution in [2.45, 2.75) is 20.4 Å². The first-order valence-electron chi connectivity index (χ1n) is 4.56. The number of hydrogen-bond acceptors (Lipinski definition) is 5. The molecule has 0 bridgehead atoms. The second-order valence-corrected chi connectivity index (χ2v) is 3.67. The molecule has 0 unspecified atom stereocenters. The summed E-state index contributed by atoms with van der Waals surface area (Å²) in [7, 11) is 0. The van der Waals surface area contributed by atoms with Crippen molar-refractivity contribution in [2.75, 3.05) is 11.2 Å². The van der Waals surface area contributed by atoms with Gasteiger partial charge in [0.25, 0.3) is 5.56 Å². The molecule has 0 aliphatic carbocycles. The lowest BCUT2D eigenvalue weighted by Crippen LogP contribution is -2.36. The number of aromatic nitrogens is 2.